The van der Waals surface area contributed by atoms with Gasteiger partial charge in [0.2, 0.25) is 5.91 Å². The molecule has 3 unspecified atom stereocenters. The minimum atomic E-state index is -1.17. The molecule has 0 rings (SSSR count). The third-order valence-corrected chi connectivity index (χ3v) is 10.7. The van der Waals surface area contributed by atoms with E-state index in [1.54, 1.807) is 0 Å². The number of allylic oxidation sites excluding steroid dienone is 6. The molecular weight excluding hydrogens is 655 g/mol. The molecule has 0 radical (unpaired) electrons. The molecule has 4 N–H and O–H groups in total. The summed E-state index contributed by atoms with van der Waals surface area (Å²) >= 11 is 0. The predicted molar refractivity (Wildman–Crippen MR) is 231 cm³/mol. The summed E-state index contributed by atoms with van der Waals surface area (Å²) in [5.74, 6) is -0.160. The number of rotatable bonds is 42. The predicted octanol–water partition coefficient (Wildman–Crippen LogP) is 13.5. The number of hydrogen-bond acceptors (Lipinski definition) is 4. The largest absolute Gasteiger partial charge is 0.394 e. The molecule has 0 spiro atoms. The highest BCUT2D eigenvalue weighted by Gasteiger charge is 2.26. The fraction of sp³-hybridized carbons (Fsp3) is 0.854. The van der Waals surface area contributed by atoms with E-state index < -0.39 is 18.2 Å². The number of carbonyl (C=O) groups is 1. The van der Waals surface area contributed by atoms with Gasteiger partial charge in [-0.15, -0.1) is 0 Å². The van der Waals surface area contributed by atoms with Crippen molar-refractivity contribution < 1.29 is 20.1 Å². The van der Waals surface area contributed by atoms with Crippen LogP contribution in [0.4, 0.5) is 0 Å². The minimum Gasteiger partial charge on any atom is -0.394 e. The van der Waals surface area contributed by atoms with Crippen molar-refractivity contribution in [2.45, 2.75) is 257 Å². The van der Waals surface area contributed by atoms with Gasteiger partial charge >= 0.3 is 0 Å². The minimum absolute atomic E-state index is 0.160. The van der Waals surface area contributed by atoms with Crippen LogP contribution in [0.25, 0.3) is 0 Å². The van der Waals surface area contributed by atoms with Crippen molar-refractivity contribution in [1.29, 1.82) is 0 Å². The van der Waals surface area contributed by atoms with Crippen molar-refractivity contribution in [2.24, 2.45) is 0 Å². The summed E-state index contributed by atoms with van der Waals surface area (Å²) in [6, 6.07) is -0.832. The van der Waals surface area contributed by atoms with E-state index in [-0.39, 0.29) is 12.5 Å². The zero-order chi connectivity index (χ0) is 38.7. The number of aliphatic hydroxyl groups excluding tert-OH is 3. The Bertz CT molecular complexity index is 824. The van der Waals surface area contributed by atoms with Crippen LogP contribution in [-0.2, 0) is 4.79 Å². The van der Waals surface area contributed by atoms with Gasteiger partial charge in [-0.05, 0) is 77.0 Å². The van der Waals surface area contributed by atoms with Gasteiger partial charge in [-0.3, -0.25) is 4.79 Å². The van der Waals surface area contributed by atoms with E-state index in [0.717, 1.165) is 44.9 Å². The lowest BCUT2D eigenvalue weighted by Crippen LogP contribution is -2.50. The van der Waals surface area contributed by atoms with Gasteiger partial charge in [0.05, 0.1) is 18.8 Å². The van der Waals surface area contributed by atoms with Gasteiger partial charge < -0.3 is 20.6 Å². The SMILES string of the molecule is CCCCCC/C=C/CC/C=C/CCCC(O)C(O)C(CO)NC(=O)CCCCCCCCCCCC/C=C\CCCCCCCCCCCCCC. The van der Waals surface area contributed by atoms with Crippen LogP contribution in [-0.4, -0.2) is 46.1 Å². The van der Waals surface area contributed by atoms with Crippen LogP contribution in [0.3, 0.4) is 0 Å². The fourth-order valence-corrected chi connectivity index (χ4v) is 7.06. The Labute approximate surface area is 330 Å². The van der Waals surface area contributed by atoms with E-state index in [0.29, 0.717) is 12.8 Å². The van der Waals surface area contributed by atoms with Gasteiger partial charge in [-0.25, -0.2) is 0 Å². The summed E-state index contributed by atoms with van der Waals surface area (Å²) in [4.78, 5) is 12.4. The second-order valence-corrected chi connectivity index (χ2v) is 15.9. The smallest absolute Gasteiger partial charge is 0.220 e. The Hall–Kier alpha value is -1.43. The van der Waals surface area contributed by atoms with Crippen molar-refractivity contribution >= 4 is 5.91 Å². The molecule has 0 aliphatic carbocycles. The quantitative estimate of drug-likeness (QED) is 0.0370. The highest BCUT2D eigenvalue weighted by atomic mass is 16.3. The van der Waals surface area contributed by atoms with E-state index in [1.807, 2.05) is 0 Å². The fourth-order valence-electron chi connectivity index (χ4n) is 7.06. The van der Waals surface area contributed by atoms with Gasteiger partial charge in [0, 0.05) is 6.42 Å². The second-order valence-electron chi connectivity index (χ2n) is 15.9. The molecule has 0 heterocycles. The maximum Gasteiger partial charge on any atom is 0.220 e. The summed E-state index contributed by atoms with van der Waals surface area (Å²) in [6.07, 6.45) is 54.1. The molecule has 0 fully saturated rings. The van der Waals surface area contributed by atoms with Gasteiger partial charge in [0.1, 0.15) is 6.10 Å². The zero-order valence-corrected chi connectivity index (χ0v) is 35.4. The van der Waals surface area contributed by atoms with Crippen LogP contribution >= 0.6 is 0 Å². The summed E-state index contributed by atoms with van der Waals surface area (Å²) in [5, 5.41) is 33.5. The molecule has 312 valence electrons. The first-order valence-corrected chi connectivity index (χ1v) is 23.3. The maximum atomic E-state index is 12.4. The number of nitrogens with one attached hydrogen (secondary N) is 1. The van der Waals surface area contributed by atoms with Crippen molar-refractivity contribution in [3.8, 4) is 0 Å². The first-order chi connectivity index (χ1) is 26.1. The summed E-state index contributed by atoms with van der Waals surface area (Å²) in [5.41, 5.74) is 0. The molecule has 0 saturated carbocycles. The topological polar surface area (TPSA) is 89.8 Å². The monoisotopic (exact) mass is 746 g/mol. The third-order valence-electron chi connectivity index (χ3n) is 10.7. The van der Waals surface area contributed by atoms with Crippen molar-refractivity contribution in [2.75, 3.05) is 6.61 Å². The number of amides is 1. The van der Waals surface area contributed by atoms with E-state index in [4.69, 9.17) is 0 Å². The summed E-state index contributed by atoms with van der Waals surface area (Å²) < 4.78 is 0. The van der Waals surface area contributed by atoms with Crippen LogP contribution in [0.15, 0.2) is 36.5 Å². The second kappa shape index (κ2) is 43.3. The zero-order valence-electron chi connectivity index (χ0n) is 35.4. The average molecular weight is 746 g/mol. The first kappa shape index (κ1) is 51.6. The summed E-state index contributed by atoms with van der Waals surface area (Å²) in [6.45, 7) is 4.14. The van der Waals surface area contributed by atoms with Crippen LogP contribution in [0.1, 0.15) is 239 Å². The molecule has 5 nitrogen and oxygen atoms in total. The Morgan fingerprint density at radius 1 is 0.453 bits per heavy atom. The standard InChI is InChI=1S/C48H91NO4/c1-3-5-7-9-11-13-15-17-18-19-20-21-22-23-24-25-26-27-28-29-31-33-35-37-39-41-43-47(52)49-45(44-50)48(53)46(51)42-40-38-36-34-32-30-16-14-12-10-8-6-4-2/h14,16,23-24,34,36,45-46,48,50-51,53H,3-13,15,17-22,25-33,35,37-44H2,1-2H3,(H,49,52)/b16-14+,24-23-,36-34+. The molecule has 0 saturated heterocycles. The van der Waals surface area contributed by atoms with Gasteiger partial charge in [-0.2, -0.15) is 0 Å². The molecule has 0 aromatic rings. The highest BCUT2D eigenvalue weighted by molar-refractivity contribution is 5.76. The van der Waals surface area contributed by atoms with Crippen LogP contribution in [0.5, 0.6) is 0 Å². The lowest BCUT2D eigenvalue weighted by Gasteiger charge is -2.26. The molecule has 0 aromatic heterocycles. The van der Waals surface area contributed by atoms with Gasteiger partial charge in [-0.1, -0.05) is 192 Å². The van der Waals surface area contributed by atoms with Crippen molar-refractivity contribution in [1.82, 2.24) is 5.32 Å². The first-order valence-electron chi connectivity index (χ1n) is 23.3. The molecule has 0 aromatic carbocycles. The summed E-state index contributed by atoms with van der Waals surface area (Å²) in [7, 11) is 0. The molecule has 0 aliphatic heterocycles. The molecular formula is C48H91NO4. The lowest BCUT2D eigenvalue weighted by molar-refractivity contribution is -0.124. The van der Waals surface area contributed by atoms with Gasteiger partial charge in [0.15, 0.2) is 0 Å². The lowest BCUT2D eigenvalue weighted by atomic mass is 10.0. The van der Waals surface area contributed by atoms with Crippen LogP contribution < -0.4 is 5.32 Å². The number of carbonyl (C=O) groups excluding carboxylic acids is 1. The molecule has 1 amide bonds. The van der Waals surface area contributed by atoms with Gasteiger partial charge in [0.25, 0.3) is 0 Å². The van der Waals surface area contributed by atoms with E-state index in [2.05, 4.69) is 55.6 Å². The van der Waals surface area contributed by atoms with E-state index in [9.17, 15) is 20.1 Å². The normalized spacial score (nSPS) is 13.8. The number of aliphatic hydroxyl groups is 3. The Morgan fingerprint density at radius 2 is 0.774 bits per heavy atom. The molecule has 0 aliphatic rings. The van der Waals surface area contributed by atoms with Crippen LogP contribution in [0, 0.1) is 0 Å². The molecule has 53 heavy (non-hydrogen) atoms. The molecule has 3 atom stereocenters. The maximum absolute atomic E-state index is 12.4. The highest BCUT2D eigenvalue weighted by Crippen LogP contribution is 2.15. The number of hydrogen-bond donors (Lipinski definition) is 4. The van der Waals surface area contributed by atoms with Crippen LogP contribution in [0.2, 0.25) is 0 Å². The van der Waals surface area contributed by atoms with E-state index in [1.165, 1.54) is 167 Å². The number of unbranched alkanes of at least 4 members (excludes halogenated alkanes) is 28. The van der Waals surface area contributed by atoms with E-state index >= 15 is 0 Å². The Balaban J connectivity index is 3.60. The van der Waals surface area contributed by atoms with Crippen molar-refractivity contribution in [3.05, 3.63) is 36.5 Å². The Kier molecular flexibility index (Phi) is 42.1. The Morgan fingerprint density at radius 3 is 1.17 bits per heavy atom. The average Bonchev–Trinajstić information content (AvgIpc) is 3.16. The molecule has 0 bridgehead atoms. The van der Waals surface area contributed by atoms with Crippen molar-refractivity contribution in [3.63, 3.8) is 0 Å². The molecule has 5 heteroatoms. The third kappa shape index (κ3) is 38.6.